The lowest BCUT2D eigenvalue weighted by Crippen LogP contribution is -2.55. The van der Waals surface area contributed by atoms with E-state index in [-0.39, 0.29) is 18.1 Å². The van der Waals surface area contributed by atoms with E-state index in [0.717, 1.165) is 50.9 Å². The van der Waals surface area contributed by atoms with E-state index in [1.54, 1.807) is 24.4 Å². The van der Waals surface area contributed by atoms with Crippen molar-refractivity contribution in [3.63, 3.8) is 0 Å². The number of halogens is 3. The third-order valence-corrected chi connectivity index (χ3v) is 7.13. The number of anilines is 2. The minimum absolute atomic E-state index is 0.102. The largest absolute Gasteiger partial charge is 0.424 e. The Morgan fingerprint density at radius 1 is 1.03 bits per heavy atom. The summed E-state index contributed by atoms with van der Waals surface area (Å²) in [5.74, 6) is 0.345. The summed E-state index contributed by atoms with van der Waals surface area (Å²) < 4.78 is 44.6. The van der Waals surface area contributed by atoms with E-state index in [1.807, 2.05) is 11.0 Å². The van der Waals surface area contributed by atoms with Gasteiger partial charge in [-0.15, -0.1) is 0 Å². The van der Waals surface area contributed by atoms with Gasteiger partial charge >= 0.3 is 6.18 Å². The molecule has 202 valence electrons. The lowest BCUT2D eigenvalue weighted by Gasteiger charge is -2.39. The first-order valence-electron chi connectivity index (χ1n) is 12.8. The highest BCUT2D eigenvalue weighted by Gasteiger charge is 2.33. The molecule has 0 radical (unpaired) electrons. The molecule has 1 aromatic carbocycles. The zero-order valence-corrected chi connectivity index (χ0v) is 20.7. The number of alkyl halides is 3. The van der Waals surface area contributed by atoms with Crippen LogP contribution in [0.4, 0.5) is 25.1 Å². The van der Waals surface area contributed by atoms with Crippen molar-refractivity contribution in [2.75, 3.05) is 23.3 Å². The standard InChI is InChI=1S/C26H30F3N7O2/c27-26(28,29)18-12-31-24(32-13-18)36-10-4-7-19(15-36)34-20-8-1-2-9-21(20)35-25-33-14-22(38-25)16-5-3-6-17(11-16)23(30)37/h3,5-6,11-14,19-21,34H,1-2,4,7-10,15H2,(H2,30,37)(H,33,35). The van der Waals surface area contributed by atoms with Crippen LogP contribution in [-0.2, 0) is 6.18 Å². The molecular formula is C26H30F3N7O2. The van der Waals surface area contributed by atoms with Gasteiger partial charge in [-0.25, -0.2) is 15.0 Å². The summed E-state index contributed by atoms with van der Waals surface area (Å²) >= 11 is 0. The molecule has 9 nitrogen and oxygen atoms in total. The monoisotopic (exact) mass is 529 g/mol. The zero-order valence-electron chi connectivity index (χ0n) is 20.7. The molecular weight excluding hydrogens is 499 g/mol. The predicted octanol–water partition coefficient (Wildman–Crippen LogP) is 4.23. The number of piperidine rings is 1. The van der Waals surface area contributed by atoms with Gasteiger partial charge in [-0.3, -0.25) is 4.79 Å². The number of amides is 1. The minimum atomic E-state index is -4.45. The molecule has 3 unspecified atom stereocenters. The van der Waals surface area contributed by atoms with Gasteiger partial charge in [0.25, 0.3) is 6.01 Å². The highest BCUT2D eigenvalue weighted by Crippen LogP contribution is 2.30. The number of aromatic nitrogens is 3. The topological polar surface area (TPSA) is 122 Å². The van der Waals surface area contributed by atoms with E-state index in [4.69, 9.17) is 10.2 Å². The van der Waals surface area contributed by atoms with Crippen molar-refractivity contribution in [1.82, 2.24) is 20.3 Å². The number of nitrogens with two attached hydrogens (primary N) is 1. The Balaban J connectivity index is 1.22. The second kappa shape index (κ2) is 11.0. The van der Waals surface area contributed by atoms with Crippen molar-refractivity contribution >= 4 is 17.9 Å². The maximum absolute atomic E-state index is 12.9. The van der Waals surface area contributed by atoms with Gasteiger partial charge in [-0.2, -0.15) is 13.2 Å². The Morgan fingerprint density at radius 3 is 2.53 bits per heavy atom. The first-order chi connectivity index (χ1) is 18.3. The highest BCUT2D eigenvalue weighted by molar-refractivity contribution is 5.93. The second-order valence-corrected chi connectivity index (χ2v) is 9.84. The van der Waals surface area contributed by atoms with Crippen LogP contribution in [0.25, 0.3) is 11.3 Å². The van der Waals surface area contributed by atoms with Gasteiger partial charge < -0.3 is 25.7 Å². The molecule has 1 saturated carbocycles. The fourth-order valence-corrected chi connectivity index (χ4v) is 5.19. The molecule has 3 heterocycles. The maximum Gasteiger partial charge on any atom is 0.419 e. The van der Waals surface area contributed by atoms with Crippen molar-refractivity contribution in [3.8, 4) is 11.3 Å². The molecule has 1 aliphatic heterocycles. The number of rotatable bonds is 7. The van der Waals surface area contributed by atoms with Gasteiger partial charge in [-0.1, -0.05) is 25.0 Å². The molecule has 2 fully saturated rings. The maximum atomic E-state index is 12.9. The second-order valence-electron chi connectivity index (χ2n) is 9.84. The zero-order chi connectivity index (χ0) is 26.7. The minimum Gasteiger partial charge on any atom is -0.424 e. The number of nitrogens with zero attached hydrogens (tertiary/aromatic N) is 4. The number of carbonyl (C=O) groups is 1. The lowest BCUT2D eigenvalue weighted by atomic mass is 9.89. The number of hydrogen-bond acceptors (Lipinski definition) is 8. The summed E-state index contributed by atoms with van der Waals surface area (Å²) in [6, 6.07) is 7.74. The van der Waals surface area contributed by atoms with Crippen LogP contribution in [0.15, 0.2) is 47.3 Å². The Labute approximate surface area is 218 Å². The van der Waals surface area contributed by atoms with Gasteiger partial charge in [-0.05, 0) is 37.8 Å². The molecule has 3 atom stereocenters. The van der Waals surface area contributed by atoms with Gasteiger partial charge in [0.15, 0.2) is 5.76 Å². The van der Waals surface area contributed by atoms with E-state index < -0.39 is 17.6 Å². The fraction of sp³-hybridized carbons (Fsp3) is 0.462. The summed E-state index contributed by atoms with van der Waals surface area (Å²) in [4.78, 5) is 25.8. The highest BCUT2D eigenvalue weighted by atomic mass is 19.4. The number of carbonyl (C=O) groups excluding carboxylic acids is 1. The average Bonchev–Trinajstić information content (AvgIpc) is 3.38. The van der Waals surface area contributed by atoms with Crippen molar-refractivity contribution in [3.05, 3.63) is 54.0 Å². The molecule has 12 heteroatoms. The fourth-order valence-electron chi connectivity index (χ4n) is 5.19. The van der Waals surface area contributed by atoms with E-state index in [0.29, 0.717) is 41.9 Å². The number of benzene rings is 1. The summed E-state index contributed by atoms with van der Waals surface area (Å²) in [6.07, 6.45) is 4.82. The number of oxazole rings is 1. The summed E-state index contributed by atoms with van der Waals surface area (Å²) in [7, 11) is 0. The number of primary amides is 1. The summed E-state index contributed by atoms with van der Waals surface area (Å²) in [5.41, 5.74) is 5.65. The Kier molecular flexibility index (Phi) is 7.50. The molecule has 0 bridgehead atoms. The first kappa shape index (κ1) is 26.0. The molecule has 4 N–H and O–H groups in total. The number of hydrogen-bond donors (Lipinski definition) is 3. The lowest BCUT2D eigenvalue weighted by molar-refractivity contribution is -0.138. The van der Waals surface area contributed by atoms with E-state index in [1.165, 1.54) is 0 Å². The summed E-state index contributed by atoms with van der Waals surface area (Å²) in [5, 5.41) is 7.20. The van der Waals surface area contributed by atoms with E-state index >= 15 is 0 Å². The molecule has 1 saturated heterocycles. The SMILES string of the molecule is NC(=O)c1cccc(-c2cnc(NC3CCCCC3NC3CCCN(c4ncc(C(F)(F)F)cn4)C3)o2)c1. The first-order valence-corrected chi connectivity index (χ1v) is 12.8. The van der Waals surface area contributed by atoms with Crippen LogP contribution in [0.3, 0.4) is 0 Å². The van der Waals surface area contributed by atoms with Crippen LogP contribution in [0.2, 0.25) is 0 Å². The van der Waals surface area contributed by atoms with Gasteiger partial charge in [0.05, 0.1) is 11.8 Å². The Morgan fingerprint density at radius 2 is 1.79 bits per heavy atom. The molecule has 0 spiro atoms. The Bertz CT molecular complexity index is 1250. The molecule has 3 aromatic rings. The molecule has 2 aliphatic rings. The smallest absolute Gasteiger partial charge is 0.419 e. The van der Waals surface area contributed by atoms with Crippen LogP contribution < -0.4 is 21.3 Å². The third kappa shape index (κ3) is 6.07. The quantitative estimate of drug-likeness (QED) is 0.416. The van der Waals surface area contributed by atoms with Crippen LogP contribution in [0, 0.1) is 0 Å². The third-order valence-electron chi connectivity index (χ3n) is 7.13. The van der Waals surface area contributed by atoms with Crippen LogP contribution >= 0.6 is 0 Å². The Hall–Kier alpha value is -3.67. The predicted molar refractivity (Wildman–Crippen MR) is 136 cm³/mol. The van der Waals surface area contributed by atoms with Gasteiger partial charge in [0, 0.05) is 54.7 Å². The van der Waals surface area contributed by atoms with Crippen LogP contribution in [0.1, 0.15) is 54.4 Å². The van der Waals surface area contributed by atoms with E-state index in [9.17, 15) is 18.0 Å². The van der Waals surface area contributed by atoms with Crippen LogP contribution in [0.5, 0.6) is 0 Å². The van der Waals surface area contributed by atoms with Crippen molar-refractivity contribution in [1.29, 1.82) is 0 Å². The van der Waals surface area contributed by atoms with Crippen molar-refractivity contribution in [2.24, 2.45) is 5.73 Å². The molecule has 2 aromatic heterocycles. The normalized spacial score (nSPS) is 22.3. The molecule has 5 rings (SSSR count). The molecule has 1 aliphatic carbocycles. The molecule has 1 amide bonds. The average molecular weight is 530 g/mol. The molecule has 38 heavy (non-hydrogen) atoms. The van der Waals surface area contributed by atoms with Crippen molar-refractivity contribution < 1.29 is 22.4 Å². The van der Waals surface area contributed by atoms with Gasteiger partial charge in [0.1, 0.15) is 0 Å². The van der Waals surface area contributed by atoms with Crippen molar-refractivity contribution in [2.45, 2.75) is 62.8 Å². The summed E-state index contributed by atoms with van der Waals surface area (Å²) in [6.45, 7) is 1.32. The van der Waals surface area contributed by atoms with E-state index in [2.05, 4.69) is 25.6 Å². The number of nitrogens with one attached hydrogen (secondary N) is 2. The van der Waals surface area contributed by atoms with Crippen LogP contribution in [-0.4, -0.2) is 52.1 Å². The van der Waals surface area contributed by atoms with Gasteiger partial charge in [0.2, 0.25) is 11.9 Å².